The molecule has 0 aliphatic heterocycles. The van der Waals surface area contributed by atoms with Gasteiger partial charge in [-0.2, -0.15) is 5.10 Å². The number of anilines is 1. The van der Waals surface area contributed by atoms with Crippen LogP contribution in [0.15, 0.2) is 18.5 Å². The molecule has 0 aromatic carbocycles. The molecule has 0 aliphatic carbocycles. The molecule has 2 rings (SSSR count). The number of hydrogen-bond donors (Lipinski definition) is 1. The molecule has 6 heteroatoms. The quantitative estimate of drug-likeness (QED) is 0.859. The van der Waals surface area contributed by atoms with E-state index >= 15 is 0 Å². The first-order chi connectivity index (χ1) is 9.22. The van der Waals surface area contributed by atoms with Crippen molar-refractivity contribution in [3.05, 3.63) is 24.2 Å². The van der Waals surface area contributed by atoms with Crippen LogP contribution in [0.2, 0.25) is 0 Å². The van der Waals surface area contributed by atoms with Crippen LogP contribution in [0.1, 0.15) is 19.0 Å². The van der Waals surface area contributed by atoms with Gasteiger partial charge in [0.1, 0.15) is 5.82 Å². The van der Waals surface area contributed by atoms with Crippen LogP contribution in [0.4, 0.5) is 5.82 Å². The van der Waals surface area contributed by atoms with Crippen LogP contribution < -0.4 is 5.32 Å². The van der Waals surface area contributed by atoms with Crippen LogP contribution in [0.25, 0.3) is 11.4 Å². The fourth-order valence-corrected chi connectivity index (χ4v) is 1.73. The van der Waals surface area contributed by atoms with Gasteiger partial charge in [-0.05, 0) is 6.42 Å². The first-order valence-electron chi connectivity index (χ1n) is 6.32. The van der Waals surface area contributed by atoms with Gasteiger partial charge in [-0.25, -0.2) is 9.97 Å². The molecule has 102 valence electrons. The van der Waals surface area contributed by atoms with Crippen LogP contribution >= 0.6 is 0 Å². The lowest BCUT2D eigenvalue weighted by molar-refractivity contribution is 0.181. The van der Waals surface area contributed by atoms with Crippen LogP contribution in [0, 0.1) is 0 Å². The third kappa shape index (κ3) is 3.51. The zero-order chi connectivity index (χ0) is 13.7. The van der Waals surface area contributed by atoms with Crippen LogP contribution in [-0.4, -0.2) is 33.4 Å². The van der Waals surface area contributed by atoms with Gasteiger partial charge < -0.3 is 10.1 Å². The lowest BCUT2D eigenvalue weighted by Crippen LogP contribution is -2.06. The standard InChI is InChI=1S/C13H19N5O/c1-4-5-14-12-6-11(9-19-3)16-13(17-12)10-7-15-18(2)8-10/h6-8H,4-5,9H2,1-3H3,(H,14,16,17). The average Bonchev–Trinajstić information content (AvgIpc) is 2.83. The second kappa shape index (κ2) is 6.29. The molecule has 0 amide bonds. The zero-order valence-corrected chi connectivity index (χ0v) is 11.6. The Labute approximate surface area is 112 Å². The topological polar surface area (TPSA) is 64.9 Å². The van der Waals surface area contributed by atoms with Gasteiger partial charge in [-0.1, -0.05) is 6.92 Å². The first-order valence-corrected chi connectivity index (χ1v) is 6.32. The summed E-state index contributed by atoms with van der Waals surface area (Å²) in [5, 5.41) is 7.42. The minimum absolute atomic E-state index is 0.469. The first kappa shape index (κ1) is 13.5. The number of rotatable bonds is 6. The third-order valence-electron chi connectivity index (χ3n) is 2.59. The molecule has 0 radical (unpaired) electrons. The molecular formula is C13H19N5O. The molecule has 2 aromatic heterocycles. The third-order valence-corrected chi connectivity index (χ3v) is 2.59. The smallest absolute Gasteiger partial charge is 0.165 e. The molecule has 0 spiro atoms. The summed E-state index contributed by atoms with van der Waals surface area (Å²) in [6.45, 7) is 3.47. The maximum Gasteiger partial charge on any atom is 0.165 e. The Kier molecular flexibility index (Phi) is 4.46. The second-order valence-electron chi connectivity index (χ2n) is 4.33. The summed E-state index contributed by atoms with van der Waals surface area (Å²) >= 11 is 0. The number of methoxy groups -OCH3 is 1. The van der Waals surface area contributed by atoms with Gasteiger partial charge in [0.2, 0.25) is 0 Å². The van der Waals surface area contributed by atoms with Gasteiger partial charge in [0.15, 0.2) is 5.82 Å². The summed E-state index contributed by atoms with van der Waals surface area (Å²) in [5.41, 5.74) is 1.76. The number of aryl methyl sites for hydroxylation is 1. The Morgan fingerprint density at radius 1 is 1.37 bits per heavy atom. The predicted molar refractivity (Wildman–Crippen MR) is 73.7 cm³/mol. The second-order valence-corrected chi connectivity index (χ2v) is 4.33. The molecule has 0 atom stereocenters. The minimum Gasteiger partial charge on any atom is -0.378 e. The molecular weight excluding hydrogens is 242 g/mol. The molecule has 0 unspecified atom stereocenters. The number of nitrogens with zero attached hydrogens (tertiary/aromatic N) is 4. The predicted octanol–water partition coefficient (Wildman–Crippen LogP) is 1.85. The SMILES string of the molecule is CCCNc1cc(COC)nc(-c2cnn(C)c2)n1. The number of ether oxygens (including phenoxy) is 1. The molecule has 1 N–H and O–H groups in total. The van der Waals surface area contributed by atoms with Crippen molar-refractivity contribution >= 4 is 5.82 Å². The van der Waals surface area contributed by atoms with Gasteiger partial charge in [0.05, 0.1) is 24.1 Å². The van der Waals surface area contributed by atoms with E-state index in [0.717, 1.165) is 30.0 Å². The molecule has 19 heavy (non-hydrogen) atoms. The van der Waals surface area contributed by atoms with E-state index < -0.39 is 0 Å². The van der Waals surface area contributed by atoms with E-state index in [1.807, 2.05) is 19.3 Å². The van der Waals surface area contributed by atoms with Crippen molar-refractivity contribution in [2.24, 2.45) is 7.05 Å². The minimum atomic E-state index is 0.469. The lowest BCUT2D eigenvalue weighted by Gasteiger charge is -2.08. The van der Waals surface area contributed by atoms with Crippen molar-refractivity contribution in [3.63, 3.8) is 0 Å². The highest BCUT2D eigenvalue weighted by Crippen LogP contribution is 2.17. The number of hydrogen-bond acceptors (Lipinski definition) is 5. The van der Waals surface area contributed by atoms with Crippen molar-refractivity contribution < 1.29 is 4.74 Å². The Bertz CT molecular complexity index is 538. The van der Waals surface area contributed by atoms with E-state index in [2.05, 4.69) is 27.3 Å². The average molecular weight is 261 g/mol. The number of aromatic nitrogens is 4. The van der Waals surface area contributed by atoms with E-state index in [1.54, 1.807) is 18.0 Å². The molecule has 0 aliphatic rings. The fourth-order valence-electron chi connectivity index (χ4n) is 1.73. The Balaban J connectivity index is 2.33. The lowest BCUT2D eigenvalue weighted by atomic mass is 10.3. The molecule has 0 bridgehead atoms. The van der Waals surface area contributed by atoms with Crippen molar-refractivity contribution in [2.45, 2.75) is 20.0 Å². The van der Waals surface area contributed by atoms with Gasteiger partial charge in [-0.3, -0.25) is 4.68 Å². The van der Waals surface area contributed by atoms with Gasteiger partial charge in [0.25, 0.3) is 0 Å². The molecule has 0 fully saturated rings. The maximum atomic E-state index is 5.14. The summed E-state index contributed by atoms with van der Waals surface area (Å²) in [5.74, 6) is 1.49. The zero-order valence-electron chi connectivity index (χ0n) is 11.6. The summed E-state index contributed by atoms with van der Waals surface area (Å²) in [4.78, 5) is 8.99. The van der Waals surface area contributed by atoms with Crippen molar-refractivity contribution in [2.75, 3.05) is 19.0 Å². The van der Waals surface area contributed by atoms with Crippen molar-refractivity contribution in [3.8, 4) is 11.4 Å². The number of nitrogens with one attached hydrogen (secondary N) is 1. The van der Waals surface area contributed by atoms with E-state index in [9.17, 15) is 0 Å². The summed E-state index contributed by atoms with van der Waals surface area (Å²) < 4.78 is 6.88. The van der Waals surface area contributed by atoms with Crippen LogP contribution in [-0.2, 0) is 18.4 Å². The normalized spacial score (nSPS) is 10.7. The Hall–Kier alpha value is -1.95. The molecule has 2 aromatic rings. The highest BCUT2D eigenvalue weighted by Gasteiger charge is 2.08. The highest BCUT2D eigenvalue weighted by atomic mass is 16.5. The molecule has 2 heterocycles. The van der Waals surface area contributed by atoms with E-state index in [0.29, 0.717) is 12.4 Å². The fraction of sp³-hybridized carbons (Fsp3) is 0.462. The van der Waals surface area contributed by atoms with E-state index in [4.69, 9.17) is 4.74 Å². The van der Waals surface area contributed by atoms with Gasteiger partial charge >= 0.3 is 0 Å². The van der Waals surface area contributed by atoms with Crippen LogP contribution in [0.5, 0.6) is 0 Å². The summed E-state index contributed by atoms with van der Waals surface area (Å²) in [6, 6.07) is 1.92. The Morgan fingerprint density at radius 2 is 2.21 bits per heavy atom. The van der Waals surface area contributed by atoms with Crippen LogP contribution in [0.3, 0.4) is 0 Å². The molecule has 0 saturated heterocycles. The Morgan fingerprint density at radius 3 is 2.84 bits per heavy atom. The summed E-state index contributed by atoms with van der Waals surface area (Å²) in [6.07, 6.45) is 4.71. The summed E-state index contributed by atoms with van der Waals surface area (Å²) in [7, 11) is 3.53. The van der Waals surface area contributed by atoms with Gasteiger partial charge in [-0.15, -0.1) is 0 Å². The largest absolute Gasteiger partial charge is 0.378 e. The molecule has 0 saturated carbocycles. The van der Waals surface area contributed by atoms with Crippen molar-refractivity contribution in [1.29, 1.82) is 0 Å². The van der Waals surface area contributed by atoms with E-state index in [-0.39, 0.29) is 0 Å². The maximum absolute atomic E-state index is 5.14. The monoisotopic (exact) mass is 261 g/mol. The van der Waals surface area contributed by atoms with E-state index in [1.165, 1.54) is 0 Å². The van der Waals surface area contributed by atoms with Crippen molar-refractivity contribution in [1.82, 2.24) is 19.7 Å². The molecule has 6 nitrogen and oxygen atoms in total. The van der Waals surface area contributed by atoms with Gasteiger partial charge in [0, 0.05) is 33.0 Å². The highest BCUT2D eigenvalue weighted by molar-refractivity contribution is 5.55.